The highest BCUT2D eigenvalue weighted by molar-refractivity contribution is 5.68. The lowest BCUT2D eigenvalue weighted by Crippen LogP contribution is -2.41. The number of amides is 2. The third-order valence-electron chi connectivity index (χ3n) is 5.44. The van der Waals surface area contributed by atoms with Crippen LogP contribution < -0.4 is 10.6 Å². The summed E-state index contributed by atoms with van der Waals surface area (Å²) in [6.45, 7) is 12.6. The molecule has 0 aromatic heterocycles. The lowest BCUT2D eigenvalue weighted by Gasteiger charge is -2.22. The van der Waals surface area contributed by atoms with E-state index in [0.29, 0.717) is 39.3 Å². The van der Waals surface area contributed by atoms with Crippen LogP contribution in [0.5, 0.6) is 0 Å². The van der Waals surface area contributed by atoms with Crippen molar-refractivity contribution in [2.75, 3.05) is 19.8 Å². The van der Waals surface area contributed by atoms with Gasteiger partial charge in [0.15, 0.2) is 0 Å². The number of carbonyl (C=O) groups excluding carboxylic acids is 2. The molecule has 238 valence electrons. The molecule has 0 radical (unpaired) electrons. The van der Waals surface area contributed by atoms with Crippen molar-refractivity contribution < 1.29 is 33.6 Å². The van der Waals surface area contributed by atoms with Crippen LogP contribution >= 0.6 is 0 Å². The number of nitrogens with zero attached hydrogens (tertiary/aromatic N) is 1. The first-order valence-electron chi connectivity index (χ1n) is 14.5. The van der Waals surface area contributed by atoms with E-state index in [-0.39, 0.29) is 25.1 Å². The van der Waals surface area contributed by atoms with Gasteiger partial charge < -0.3 is 34.7 Å². The van der Waals surface area contributed by atoms with Crippen LogP contribution in [-0.4, -0.2) is 60.4 Å². The molecule has 0 heterocycles. The monoisotopic (exact) mass is 599 g/mol. The minimum absolute atomic E-state index is 0.145. The van der Waals surface area contributed by atoms with E-state index < -0.39 is 23.4 Å². The van der Waals surface area contributed by atoms with E-state index in [1.54, 1.807) is 41.5 Å². The van der Waals surface area contributed by atoms with Gasteiger partial charge in [0.05, 0.1) is 38.4 Å². The fourth-order valence-electron chi connectivity index (χ4n) is 3.47. The minimum Gasteiger partial charge on any atom is -0.444 e. The van der Waals surface area contributed by atoms with Crippen molar-refractivity contribution in [2.45, 2.75) is 97.3 Å². The highest BCUT2D eigenvalue weighted by Crippen LogP contribution is 2.09. The highest BCUT2D eigenvalue weighted by Gasteiger charge is 2.20. The van der Waals surface area contributed by atoms with Gasteiger partial charge in [0, 0.05) is 19.3 Å². The number of alkyl carbamates (subject to hydrolysis) is 2. The van der Waals surface area contributed by atoms with E-state index in [9.17, 15) is 14.7 Å². The first-order valence-corrected chi connectivity index (χ1v) is 14.5. The zero-order valence-electron chi connectivity index (χ0n) is 26.4. The molecule has 0 fully saturated rings. The molecule has 1 unspecified atom stereocenters. The Labute approximate surface area is 256 Å². The fourth-order valence-corrected chi connectivity index (χ4v) is 3.47. The van der Waals surface area contributed by atoms with Gasteiger partial charge in [-0.25, -0.2) is 9.59 Å². The summed E-state index contributed by atoms with van der Waals surface area (Å²) in [6, 6.07) is 21.1. The van der Waals surface area contributed by atoms with Crippen molar-refractivity contribution >= 4 is 12.2 Å². The van der Waals surface area contributed by atoms with Crippen LogP contribution in [0, 0.1) is 11.3 Å². The lowest BCUT2D eigenvalue weighted by molar-refractivity contribution is 0.0447. The van der Waals surface area contributed by atoms with Crippen LogP contribution in [0.2, 0.25) is 0 Å². The van der Waals surface area contributed by atoms with Crippen LogP contribution in [0.4, 0.5) is 9.59 Å². The number of nitrogens with one attached hydrogen (secondary N) is 2. The third-order valence-corrected chi connectivity index (χ3v) is 5.44. The first-order chi connectivity index (χ1) is 20.3. The summed E-state index contributed by atoms with van der Waals surface area (Å²) >= 11 is 0. The maximum atomic E-state index is 11.7. The highest BCUT2D eigenvalue weighted by atomic mass is 16.6. The van der Waals surface area contributed by atoms with Gasteiger partial charge >= 0.3 is 12.2 Å². The largest absolute Gasteiger partial charge is 0.444 e. The van der Waals surface area contributed by atoms with Gasteiger partial charge in [-0.15, -0.1) is 0 Å². The maximum Gasteiger partial charge on any atom is 0.407 e. The third kappa shape index (κ3) is 20.8. The van der Waals surface area contributed by atoms with Gasteiger partial charge in [-0.05, 0) is 65.5 Å². The van der Waals surface area contributed by atoms with Crippen LogP contribution in [0.3, 0.4) is 0 Å². The Morgan fingerprint density at radius 2 is 1.14 bits per heavy atom. The van der Waals surface area contributed by atoms with Crippen LogP contribution in [0.15, 0.2) is 60.7 Å². The number of rotatable bonds is 14. The van der Waals surface area contributed by atoms with Crippen molar-refractivity contribution in [1.82, 2.24) is 10.6 Å². The quantitative estimate of drug-likeness (QED) is 0.229. The Bertz CT molecular complexity index is 1080. The molecule has 2 aromatic carbocycles. The second-order valence-electron chi connectivity index (χ2n) is 11.9. The molecule has 10 heteroatoms. The molecule has 2 atom stereocenters. The number of nitriles is 1. The van der Waals surface area contributed by atoms with Crippen molar-refractivity contribution in [1.29, 1.82) is 5.26 Å². The smallest absolute Gasteiger partial charge is 0.407 e. The Hall–Kier alpha value is -3.65. The van der Waals surface area contributed by atoms with E-state index in [1.165, 1.54) is 0 Å². The SMILES string of the molecule is CC(C)(C)OC(=O)NC(CO)CCOCc1ccccc1.CC(C)(C)OC(=O)N[C@H](CC#N)CCOCc1ccccc1. The second-order valence-corrected chi connectivity index (χ2v) is 11.9. The van der Waals surface area contributed by atoms with Crippen molar-refractivity contribution in [3.05, 3.63) is 71.8 Å². The molecule has 0 saturated carbocycles. The summed E-state index contributed by atoms with van der Waals surface area (Å²) in [5, 5.41) is 23.4. The molecular formula is C33H49N3O7. The predicted octanol–water partition coefficient (Wildman–Crippen LogP) is 5.88. The molecule has 0 aliphatic rings. The molecule has 0 aliphatic heterocycles. The molecule has 10 nitrogen and oxygen atoms in total. The van der Waals surface area contributed by atoms with E-state index in [4.69, 9.17) is 24.2 Å². The van der Waals surface area contributed by atoms with Gasteiger partial charge in [-0.2, -0.15) is 5.26 Å². The summed E-state index contributed by atoms with van der Waals surface area (Å²) in [5.41, 5.74) is 1.09. The van der Waals surface area contributed by atoms with E-state index in [0.717, 1.165) is 11.1 Å². The number of aliphatic hydroxyl groups is 1. The molecular weight excluding hydrogens is 550 g/mol. The summed E-state index contributed by atoms with van der Waals surface area (Å²) in [5.74, 6) is 0. The summed E-state index contributed by atoms with van der Waals surface area (Å²) < 4.78 is 21.4. The number of carbonyl (C=O) groups is 2. The zero-order valence-corrected chi connectivity index (χ0v) is 26.4. The standard InChI is InChI=1S/C17H24N2O3.C16H25NO4/c1-17(2,3)22-16(20)19-15(9-11-18)10-12-21-13-14-7-5-4-6-8-14;1-16(2,3)21-15(19)17-14(11-18)9-10-20-12-13-7-5-4-6-8-13/h4-8,15H,9-10,12-13H2,1-3H3,(H,19,20);4-8,14,18H,9-12H2,1-3H3,(H,17,19)/t15-;/m1./s1. The van der Waals surface area contributed by atoms with Crippen molar-refractivity contribution in [2.24, 2.45) is 0 Å². The Morgan fingerprint density at radius 3 is 1.51 bits per heavy atom. The molecule has 3 N–H and O–H groups in total. The average Bonchev–Trinajstić information content (AvgIpc) is 2.92. The Balaban J connectivity index is 0.000000430. The minimum atomic E-state index is -0.551. The number of hydrogen-bond donors (Lipinski definition) is 3. The van der Waals surface area contributed by atoms with Crippen molar-refractivity contribution in [3.63, 3.8) is 0 Å². The maximum absolute atomic E-state index is 11.7. The zero-order chi connectivity index (χ0) is 32.1. The average molecular weight is 600 g/mol. The van der Waals surface area contributed by atoms with E-state index in [2.05, 4.69) is 16.7 Å². The number of hydrogen-bond acceptors (Lipinski definition) is 8. The predicted molar refractivity (Wildman–Crippen MR) is 165 cm³/mol. The second kappa shape index (κ2) is 20.3. The number of aliphatic hydroxyl groups excluding tert-OH is 1. The van der Waals surface area contributed by atoms with Crippen LogP contribution in [0.25, 0.3) is 0 Å². The first kappa shape index (κ1) is 37.4. The van der Waals surface area contributed by atoms with Gasteiger partial charge in [0.1, 0.15) is 11.2 Å². The van der Waals surface area contributed by atoms with Gasteiger partial charge in [-0.3, -0.25) is 0 Å². The number of benzene rings is 2. The molecule has 0 aliphatic carbocycles. The van der Waals surface area contributed by atoms with Crippen molar-refractivity contribution in [3.8, 4) is 6.07 Å². The molecule has 2 aromatic rings. The molecule has 0 saturated heterocycles. The summed E-state index contributed by atoms with van der Waals surface area (Å²) in [6.07, 6.45) is 0.302. The fraction of sp³-hybridized carbons (Fsp3) is 0.545. The molecule has 43 heavy (non-hydrogen) atoms. The van der Waals surface area contributed by atoms with Gasteiger partial charge in [0.2, 0.25) is 0 Å². The lowest BCUT2D eigenvalue weighted by atomic mass is 10.1. The van der Waals surface area contributed by atoms with Crippen LogP contribution in [0.1, 0.15) is 71.9 Å². The molecule has 2 amide bonds. The topological polar surface area (TPSA) is 139 Å². The van der Waals surface area contributed by atoms with Gasteiger partial charge in [-0.1, -0.05) is 60.7 Å². The Kier molecular flexibility index (Phi) is 17.6. The molecule has 2 rings (SSSR count). The van der Waals surface area contributed by atoms with E-state index >= 15 is 0 Å². The number of ether oxygens (including phenoxy) is 4. The van der Waals surface area contributed by atoms with Gasteiger partial charge in [0.25, 0.3) is 0 Å². The normalized spacial score (nSPS) is 12.5. The molecule has 0 spiro atoms. The summed E-state index contributed by atoms with van der Waals surface area (Å²) in [4.78, 5) is 23.3. The molecule has 0 bridgehead atoms. The summed E-state index contributed by atoms with van der Waals surface area (Å²) in [7, 11) is 0. The van der Waals surface area contributed by atoms with E-state index in [1.807, 2.05) is 60.7 Å². The van der Waals surface area contributed by atoms with Crippen LogP contribution in [-0.2, 0) is 32.2 Å². The Morgan fingerprint density at radius 1 is 0.744 bits per heavy atom.